The molecule has 2 aromatic rings. The zero-order valence-corrected chi connectivity index (χ0v) is 21.9. The Morgan fingerprint density at radius 3 is 2.61 bits per heavy atom. The van der Waals surface area contributed by atoms with Gasteiger partial charge in [-0.15, -0.1) is 0 Å². The van der Waals surface area contributed by atoms with Gasteiger partial charge < -0.3 is 30.2 Å². The van der Waals surface area contributed by atoms with Crippen LogP contribution in [0.1, 0.15) is 32.7 Å². The average molecular weight is 520 g/mol. The summed E-state index contributed by atoms with van der Waals surface area (Å²) in [5, 5.41) is 3.24. The molecule has 10 nitrogen and oxygen atoms in total. The van der Waals surface area contributed by atoms with Crippen molar-refractivity contribution in [3.8, 4) is 5.88 Å². The second kappa shape index (κ2) is 12.9. The van der Waals surface area contributed by atoms with Crippen molar-refractivity contribution in [2.45, 2.75) is 25.1 Å². The predicted octanol–water partition coefficient (Wildman–Crippen LogP) is 2.06. The fourth-order valence-electron chi connectivity index (χ4n) is 4.20. The molecule has 0 spiro atoms. The summed E-state index contributed by atoms with van der Waals surface area (Å²) in [6.07, 6.45) is 0.573. The van der Waals surface area contributed by atoms with Crippen molar-refractivity contribution in [3.05, 3.63) is 52.0 Å². The topological polar surface area (TPSA) is 119 Å². The molecular formula is C25H34ClN5O5. The van der Waals surface area contributed by atoms with E-state index in [4.69, 9.17) is 31.5 Å². The molecule has 3 N–H and O–H groups in total. The zero-order chi connectivity index (χ0) is 26.2. The monoisotopic (exact) mass is 519 g/mol. The number of carbonyl (C=O) groups excluding carboxylic acids is 2. The lowest BCUT2D eigenvalue weighted by Crippen LogP contribution is -2.55. The van der Waals surface area contributed by atoms with Crippen molar-refractivity contribution in [2.24, 2.45) is 0 Å². The molecule has 3 rings (SSSR count). The van der Waals surface area contributed by atoms with Crippen molar-refractivity contribution in [2.75, 3.05) is 60.3 Å². The number of piperidine rings is 1. The van der Waals surface area contributed by atoms with E-state index in [1.54, 1.807) is 19.2 Å². The molecule has 0 saturated carbocycles. The lowest BCUT2D eigenvalue weighted by atomic mass is 10.0. The lowest BCUT2D eigenvalue weighted by molar-refractivity contribution is 0.00439. The minimum absolute atomic E-state index is 0.108. The molecule has 2 heterocycles. The predicted molar refractivity (Wildman–Crippen MR) is 137 cm³/mol. The number of rotatable bonds is 10. The number of anilines is 1. The Morgan fingerprint density at radius 2 is 1.97 bits per heavy atom. The molecule has 1 fully saturated rings. The van der Waals surface area contributed by atoms with E-state index in [2.05, 4.69) is 27.1 Å². The number of ether oxygens (including phenoxy) is 3. The molecule has 0 bridgehead atoms. The third kappa shape index (κ3) is 7.07. The van der Waals surface area contributed by atoms with E-state index in [-0.39, 0.29) is 46.3 Å². The third-order valence-electron chi connectivity index (χ3n) is 6.29. The van der Waals surface area contributed by atoms with E-state index in [9.17, 15) is 9.59 Å². The number of hydrogen-bond acceptors (Lipinski definition) is 9. The quantitative estimate of drug-likeness (QED) is 0.454. The molecule has 0 aliphatic carbocycles. The highest BCUT2D eigenvalue weighted by Crippen LogP contribution is 2.25. The number of halogens is 1. The molecule has 11 heteroatoms. The van der Waals surface area contributed by atoms with Crippen molar-refractivity contribution in [1.82, 2.24) is 20.1 Å². The first kappa shape index (κ1) is 27.7. The van der Waals surface area contributed by atoms with Gasteiger partial charge in [0.15, 0.2) is 0 Å². The minimum atomic E-state index is -0.338. The average Bonchev–Trinajstić information content (AvgIpc) is 2.89. The van der Waals surface area contributed by atoms with Crippen LogP contribution in [0.4, 0.5) is 5.82 Å². The highest BCUT2D eigenvalue weighted by Gasteiger charge is 2.31. The van der Waals surface area contributed by atoms with Gasteiger partial charge >= 0.3 is 5.97 Å². The van der Waals surface area contributed by atoms with Crippen LogP contribution in [-0.2, 0) is 16.0 Å². The summed E-state index contributed by atoms with van der Waals surface area (Å²) < 4.78 is 15.7. The number of nitrogen functional groups attached to an aromatic ring is 1. The molecule has 2 atom stereocenters. The van der Waals surface area contributed by atoms with Crippen molar-refractivity contribution in [3.63, 3.8) is 0 Å². The molecule has 196 valence electrons. The number of hydrogen-bond donors (Lipinski definition) is 2. The maximum Gasteiger partial charge on any atom is 0.337 e. The molecule has 0 unspecified atom stereocenters. The number of esters is 1. The Hall–Kier alpha value is -2.92. The number of benzene rings is 1. The summed E-state index contributed by atoms with van der Waals surface area (Å²) in [6, 6.07) is 8.75. The van der Waals surface area contributed by atoms with Crippen molar-refractivity contribution in [1.29, 1.82) is 0 Å². The summed E-state index contributed by atoms with van der Waals surface area (Å²) >= 11 is 6.06. The number of nitrogens with two attached hydrogens (primary N) is 1. The minimum Gasteiger partial charge on any atom is -0.480 e. The van der Waals surface area contributed by atoms with Gasteiger partial charge in [0.05, 0.1) is 37.0 Å². The number of amides is 1. The molecule has 1 saturated heterocycles. The van der Waals surface area contributed by atoms with E-state index in [0.29, 0.717) is 12.1 Å². The summed E-state index contributed by atoms with van der Waals surface area (Å²) in [7, 11) is 6.52. The largest absolute Gasteiger partial charge is 0.480 e. The van der Waals surface area contributed by atoms with E-state index in [0.717, 1.165) is 38.2 Å². The standard InChI is InChI=1S/C25H34ClN5O5/c1-30(14-16-5-7-17(8-6-16)25(33)36-4)11-12-31-10-9-20(21(15-31)34-2)28-23(32)18-13-19(26)22(27)29-24(18)35-3/h5-8,13,20-21H,9-12,14-15H2,1-4H3,(H2,27,29)(H,28,32)/t20-,21+/m1/s1. The molecule has 36 heavy (non-hydrogen) atoms. The van der Waals surface area contributed by atoms with Crippen LogP contribution in [0.5, 0.6) is 5.88 Å². The second-order valence-electron chi connectivity index (χ2n) is 8.78. The zero-order valence-electron chi connectivity index (χ0n) is 21.1. The molecule has 1 aromatic carbocycles. The van der Waals surface area contributed by atoms with Crippen molar-refractivity contribution >= 4 is 29.3 Å². The molecule has 1 aliphatic heterocycles. The highest BCUT2D eigenvalue weighted by atomic mass is 35.5. The highest BCUT2D eigenvalue weighted by molar-refractivity contribution is 6.33. The summed E-state index contributed by atoms with van der Waals surface area (Å²) in [5.41, 5.74) is 7.61. The molecule has 0 radical (unpaired) electrons. The summed E-state index contributed by atoms with van der Waals surface area (Å²) in [4.78, 5) is 33.1. The number of aromatic nitrogens is 1. The Morgan fingerprint density at radius 1 is 1.25 bits per heavy atom. The first-order chi connectivity index (χ1) is 17.2. The number of pyridine rings is 1. The lowest BCUT2D eigenvalue weighted by Gasteiger charge is -2.38. The van der Waals surface area contributed by atoms with Crippen LogP contribution in [0.25, 0.3) is 0 Å². The van der Waals surface area contributed by atoms with Gasteiger partial charge in [-0.25, -0.2) is 4.79 Å². The summed E-state index contributed by atoms with van der Waals surface area (Å²) in [6.45, 7) is 4.01. The normalized spacial score (nSPS) is 18.2. The Labute approximate surface area is 216 Å². The first-order valence-electron chi connectivity index (χ1n) is 11.7. The van der Waals surface area contributed by atoms with Gasteiger partial charge in [-0.3, -0.25) is 9.69 Å². The number of likely N-dealkylation sites (N-methyl/N-ethyl adjacent to an activating group) is 1. The van der Waals surface area contributed by atoms with Crippen LogP contribution in [0.2, 0.25) is 5.02 Å². The third-order valence-corrected chi connectivity index (χ3v) is 6.60. The van der Waals surface area contributed by atoms with Gasteiger partial charge in [0.2, 0.25) is 5.88 Å². The molecule has 1 amide bonds. The van der Waals surface area contributed by atoms with Gasteiger partial charge in [0.25, 0.3) is 5.91 Å². The number of likely N-dealkylation sites (tertiary alicyclic amines) is 1. The fraction of sp³-hybridized carbons (Fsp3) is 0.480. The SMILES string of the molecule is COC(=O)c1ccc(CN(C)CCN2CC[C@@H](NC(=O)c3cc(Cl)c(N)nc3OC)[C@@H](OC)C2)cc1. The smallest absolute Gasteiger partial charge is 0.337 e. The van der Waals surface area contributed by atoms with Crippen LogP contribution >= 0.6 is 11.6 Å². The van der Waals surface area contributed by atoms with Gasteiger partial charge in [0, 0.05) is 39.8 Å². The van der Waals surface area contributed by atoms with Gasteiger partial charge in [-0.05, 0) is 37.2 Å². The number of nitrogens with one attached hydrogen (secondary N) is 1. The second-order valence-corrected chi connectivity index (χ2v) is 9.19. The van der Waals surface area contributed by atoms with Gasteiger partial charge in [0.1, 0.15) is 11.4 Å². The van der Waals surface area contributed by atoms with Crippen LogP contribution < -0.4 is 15.8 Å². The van der Waals surface area contributed by atoms with Crippen LogP contribution in [0.15, 0.2) is 30.3 Å². The Bertz CT molecular complexity index is 1050. The Balaban J connectivity index is 1.50. The number of nitrogens with zero attached hydrogens (tertiary/aromatic N) is 3. The van der Waals surface area contributed by atoms with E-state index >= 15 is 0 Å². The number of carbonyl (C=O) groups is 2. The maximum atomic E-state index is 12.9. The van der Waals surface area contributed by atoms with Gasteiger partial charge in [-0.1, -0.05) is 23.7 Å². The number of methoxy groups -OCH3 is 3. The van der Waals surface area contributed by atoms with Crippen molar-refractivity contribution < 1.29 is 23.8 Å². The van der Waals surface area contributed by atoms with Crippen LogP contribution in [-0.4, -0.2) is 93.4 Å². The fourth-order valence-corrected chi connectivity index (χ4v) is 4.36. The van der Waals surface area contributed by atoms with Gasteiger partial charge in [-0.2, -0.15) is 4.98 Å². The van der Waals surface area contributed by atoms with Crippen LogP contribution in [0, 0.1) is 0 Å². The van der Waals surface area contributed by atoms with E-state index in [1.807, 2.05) is 12.1 Å². The Kier molecular flexibility index (Phi) is 9.89. The molecule has 1 aliphatic rings. The molecular weight excluding hydrogens is 486 g/mol. The molecule has 1 aromatic heterocycles. The van der Waals surface area contributed by atoms with Crippen LogP contribution in [0.3, 0.4) is 0 Å². The van der Waals surface area contributed by atoms with E-state index < -0.39 is 0 Å². The first-order valence-corrected chi connectivity index (χ1v) is 12.0. The summed E-state index contributed by atoms with van der Waals surface area (Å²) in [5.74, 6) is -0.435. The van der Waals surface area contributed by atoms with E-state index in [1.165, 1.54) is 20.3 Å². The maximum absolute atomic E-state index is 12.9.